The van der Waals surface area contributed by atoms with Crippen molar-refractivity contribution in [2.24, 2.45) is 0 Å². The van der Waals surface area contributed by atoms with Crippen molar-refractivity contribution in [3.63, 3.8) is 0 Å². The zero-order valence-corrected chi connectivity index (χ0v) is 17.7. The van der Waals surface area contributed by atoms with E-state index in [-0.39, 0.29) is 12.6 Å². The van der Waals surface area contributed by atoms with Crippen LogP contribution in [-0.4, -0.2) is 55.6 Å². The van der Waals surface area contributed by atoms with E-state index in [4.69, 9.17) is 21.3 Å². The van der Waals surface area contributed by atoms with Crippen molar-refractivity contribution in [3.05, 3.63) is 54.1 Å². The molecule has 0 saturated carbocycles. The van der Waals surface area contributed by atoms with Crippen molar-refractivity contribution in [1.29, 1.82) is 0 Å². The summed E-state index contributed by atoms with van der Waals surface area (Å²) in [5, 5.41) is 18.0. The smallest absolute Gasteiger partial charge is 0.248 e. The normalized spacial score (nSPS) is 16.2. The lowest BCUT2D eigenvalue weighted by Gasteiger charge is -2.25. The average Bonchev–Trinajstić information content (AvgIpc) is 3.54. The fraction of sp³-hybridized carbons (Fsp3) is 0.286. The molecule has 0 spiro atoms. The molecule has 4 heterocycles. The highest BCUT2D eigenvalue weighted by atomic mass is 35.5. The van der Waals surface area contributed by atoms with Crippen molar-refractivity contribution >= 4 is 34.7 Å². The number of ether oxygens (including phenoxy) is 1. The zero-order valence-electron chi connectivity index (χ0n) is 16.9. The summed E-state index contributed by atoms with van der Waals surface area (Å²) in [6, 6.07) is 9.50. The Bertz CT molecular complexity index is 1220. The van der Waals surface area contributed by atoms with Gasteiger partial charge in [0.15, 0.2) is 11.6 Å². The summed E-state index contributed by atoms with van der Waals surface area (Å²) in [7, 11) is 1.58. The molecule has 4 aromatic rings. The van der Waals surface area contributed by atoms with Gasteiger partial charge in [0.1, 0.15) is 17.6 Å². The Morgan fingerprint density at radius 3 is 3.06 bits per heavy atom. The third kappa shape index (κ3) is 3.66. The van der Waals surface area contributed by atoms with Gasteiger partial charge in [-0.2, -0.15) is 4.98 Å². The highest BCUT2D eigenvalue weighted by molar-refractivity contribution is 6.32. The monoisotopic (exact) mass is 439 g/mol. The molecular weight excluding hydrogens is 418 g/mol. The second-order valence-corrected chi connectivity index (χ2v) is 7.79. The fourth-order valence-corrected chi connectivity index (χ4v) is 4.13. The standard InChI is InChI=1S/C21H22ClN7O2/c1-31-18-10-14(6-7-16(18)22)27-11-19(23-13-27)24-21-25-20(17-5-3-9-29(17)26-21)28-8-2-4-15(28)12-30/h3,5-7,9-11,13,15,30H,2,4,8,12H2,1H3,(H,24,26). The lowest BCUT2D eigenvalue weighted by molar-refractivity contribution is 0.266. The van der Waals surface area contributed by atoms with Crippen LogP contribution in [0.1, 0.15) is 12.8 Å². The van der Waals surface area contributed by atoms with Gasteiger partial charge in [-0.25, -0.2) is 9.50 Å². The molecule has 1 fully saturated rings. The van der Waals surface area contributed by atoms with Crippen LogP contribution in [0.25, 0.3) is 11.2 Å². The van der Waals surface area contributed by atoms with Crippen LogP contribution in [-0.2, 0) is 0 Å². The topological polar surface area (TPSA) is 92.7 Å². The number of aliphatic hydroxyl groups excluding tert-OH is 1. The van der Waals surface area contributed by atoms with Crippen LogP contribution in [0.2, 0.25) is 5.02 Å². The number of aliphatic hydroxyl groups is 1. The summed E-state index contributed by atoms with van der Waals surface area (Å²) in [6.07, 6.45) is 7.40. The summed E-state index contributed by atoms with van der Waals surface area (Å²) in [4.78, 5) is 11.3. The molecule has 9 nitrogen and oxygen atoms in total. The van der Waals surface area contributed by atoms with Crippen LogP contribution in [0.5, 0.6) is 5.75 Å². The minimum absolute atomic E-state index is 0.0699. The molecular formula is C21H22ClN7O2. The number of rotatable bonds is 6. The van der Waals surface area contributed by atoms with Gasteiger partial charge in [0.25, 0.3) is 0 Å². The molecule has 10 heteroatoms. The Morgan fingerprint density at radius 2 is 2.23 bits per heavy atom. The van der Waals surface area contributed by atoms with Gasteiger partial charge in [-0.15, -0.1) is 5.10 Å². The van der Waals surface area contributed by atoms with Gasteiger partial charge in [-0.3, -0.25) is 0 Å². The number of fused-ring (bicyclic) bond motifs is 1. The first-order chi connectivity index (χ1) is 15.2. The van der Waals surface area contributed by atoms with Crippen LogP contribution in [0.3, 0.4) is 0 Å². The summed E-state index contributed by atoms with van der Waals surface area (Å²) in [5.74, 6) is 2.44. The van der Waals surface area contributed by atoms with Crippen molar-refractivity contribution < 1.29 is 9.84 Å². The van der Waals surface area contributed by atoms with E-state index in [1.807, 2.05) is 41.2 Å². The van der Waals surface area contributed by atoms with E-state index in [2.05, 4.69) is 20.3 Å². The minimum Gasteiger partial charge on any atom is -0.495 e. The highest BCUT2D eigenvalue weighted by Gasteiger charge is 2.27. The maximum Gasteiger partial charge on any atom is 0.248 e. The third-order valence-corrected chi connectivity index (χ3v) is 5.80. The molecule has 1 unspecified atom stereocenters. The van der Waals surface area contributed by atoms with E-state index in [0.29, 0.717) is 22.5 Å². The number of imidazole rings is 1. The van der Waals surface area contributed by atoms with Gasteiger partial charge in [0.2, 0.25) is 5.95 Å². The molecule has 0 bridgehead atoms. The van der Waals surface area contributed by atoms with Gasteiger partial charge in [-0.1, -0.05) is 11.6 Å². The number of nitrogens with zero attached hydrogens (tertiary/aromatic N) is 6. The number of hydrogen-bond acceptors (Lipinski definition) is 7. The molecule has 1 atom stereocenters. The molecule has 0 amide bonds. The summed E-state index contributed by atoms with van der Waals surface area (Å²) in [5.41, 5.74) is 1.77. The molecule has 1 aliphatic heterocycles. The van der Waals surface area contributed by atoms with Gasteiger partial charge >= 0.3 is 0 Å². The summed E-state index contributed by atoms with van der Waals surface area (Å²) >= 11 is 6.12. The summed E-state index contributed by atoms with van der Waals surface area (Å²) in [6.45, 7) is 0.962. The largest absolute Gasteiger partial charge is 0.495 e. The Hall–Kier alpha value is -3.30. The van der Waals surface area contributed by atoms with Crippen LogP contribution in [0, 0.1) is 0 Å². The quantitative estimate of drug-likeness (QED) is 0.476. The molecule has 3 aromatic heterocycles. The molecule has 160 valence electrons. The lowest BCUT2D eigenvalue weighted by atomic mass is 10.2. The first kappa shape index (κ1) is 19.7. The molecule has 1 aliphatic rings. The number of nitrogens with one attached hydrogen (secondary N) is 1. The van der Waals surface area contributed by atoms with E-state index in [1.54, 1.807) is 24.0 Å². The Kier molecular flexibility index (Phi) is 5.13. The molecule has 2 N–H and O–H groups in total. The van der Waals surface area contributed by atoms with Crippen molar-refractivity contribution in [1.82, 2.24) is 24.1 Å². The van der Waals surface area contributed by atoms with E-state index in [0.717, 1.165) is 36.4 Å². The second-order valence-electron chi connectivity index (χ2n) is 7.38. The second kappa shape index (κ2) is 8.09. The van der Waals surface area contributed by atoms with Crippen LogP contribution >= 0.6 is 11.6 Å². The fourth-order valence-electron chi connectivity index (χ4n) is 3.94. The average molecular weight is 440 g/mol. The summed E-state index contributed by atoms with van der Waals surface area (Å²) < 4.78 is 8.95. The number of hydrogen-bond donors (Lipinski definition) is 2. The maximum atomic E-state index is 9.75. The van der Waals surface area contributed by atoms with Crippen molar-refractivity contribution in [2.75, 3.05) is 30.5 Å². The zero-order chi connectivity index (χ0) is 21.4. The Labute approximate surface area is 183 Å². The van der Waals surface area contributed by atoms with Gasteiger partial charge in [0, 0.05) is 18.8 Å². The van der Waals surface area contributed by atoms with Crippen LogP contribution < -0.4 is 15.0 Å². The van der Waals surface area contributed by atoms with Crippen LogP contribution in [0.4, 0.5) is 17.6 Å². The van der Waals surface area contributed by atoms with Crippen molar-refractivity contribution in [2.45, 2.75) is 18.9 Å². The van der Waals surface area contributed by atoms with Gasteiger partial charge in [0.05, 0.1) is 36.7 Å². The molecule has 5 rings (SSSR count). The molecule has 0 aliphatic carbocycles. The van der Waals surface area contributed by atoms with Gasteiger partial charge in [-0.05, 0) is 37.1 Å². The van der Waals surface area contributed by atoms with E-state index >= 15 is 0 Å². The Balaban J connectivity index is 1.45. The number of halogens is 1. The molecule has 1 aromatic carbocycles. The Morgan fingerprint density at radius 1 is 1.32 bits per heavy atom. The predicted molar refractivity (Wildman–Crippen MR) is 119 cm³/mol. The first-order valence-corrected chi connectivity index (χ1v) is 10.4. The van der Waals surface area contributed by atoms with E-state index < -0.39 is 0 Å². The van der Waals surface area contributed by atoms with E-state index in [1.165, 1.54) is 0 Å². The number of benzene rings is 1. The maximum absolute atomic E-state index is 9.75. The van der Waals surface area contributed by atoms with Gasteiger partial charge < -0.3 is 24.6 Å². The minimum atomic E-state index is 0.0699. The highest BCUT2D eigenvalue weighted by Crippen LogP contribution is 2.30. The van der Waals surface area contributed by atoms with Crippen molar-refractivity contribution in [3.8, 4) is 11.4 Å². The predicted octanol–water partition coefficient (Wildman–Crippen LogP) is 3.28. The lowest BCUT2D eigenvalue weighted by Crippen LogP contribution is -2.33. The van der Waals surface area contributed by atoms with Crippen LogP contribution in [0.15, 0.2) is 49.1 Å². The number of aromatic nitrogens is 5. The SMILES string of the molecule is COc1cc(-n2cnc(Nc3nc(N4CCCC4CO)c4cccn4n3)c2)ccc1Cl. The van der Waals surface area contributed by atoms with E-state index in [9.17, 15) is 5.11 Å². The number of methoxy groups -OCH3 is 1. The number of anilines is 3. The third-order valence-electron chi connectivity index (χ3n) is 5.49. The molecule has 31 heavy (non-hydrogen) atoms. The molecule has 0 radical (unpaired) electrons. The molecule has 1 saturated heterocycles. The first-order valence-electron chi connectivity index (χ1n) is 10.0.